The smallest absolute Gasteiger partial charge is 0.237 e. The molecule has 0 saturated heterocycles. The summed E-state index contributed by atoms with van der Waals surface area (Å²) in [6.07, 6.45) is 3.81. The largest absolute Gasteiger partial charge is 0.477 e. The molecular formula is C5H7FN3O. The molecule has 5 heteroatoms. The molecule has 4 nitrogen and oxygen atoms in total. The molecule has 0 bridgehead atoms. The topological polar surface area (TPSA) is 36.9 Å². The summed E-state index contributed by atoms with van der Waals surface area (Å²) in [5.41, 5.74) is 2.06. The van der Waals surface area contributed by atoms with Crippen molar-refractivity contribution in [3.8, 4) is 0 Å². The van der Waals surface area contributed by atoms with E-state index in [9.17, 15) is 4.48 Å². The second-order valence-corrected chi connectivity index (χ2v) is 1.53. The Labute approximate surface area is 57.9 Å². The van der Waals surface area contributed by atoms with E-state index in [4.69, 9.17) is 4.74 Å². The third-order valence-electron chi connectivity index (χ3n) is 0.831. The molecule has 1 rings (SSSR count). The van der Waals surface area contributed by atoms with Crippen LogP contribution in [0.5, 0.6) is 0 Å². The third-order valence-corrected chi connectivity index (χ3v) is 0.831. The van der Waals surface area contributed by atoms with Crippen LogP contribution >= 0.6 is 0 Å². The van der Waals surface area contributed by atoms with Gasteiger partial charge in [0.25, 0.3) is 0 Å². The Morgan fingerprint density at radius 2 is 2.80 bits per heavy atom. The Hall–Kier alpha value is -1.26. The molecule has 0 atom stereocenters. The fraction of sp³-hybridized carbons (Fsp3) is 0.400. The van der Waals surface area contributed by atoms with Crippen LogP contribution in [0.3, 0.4) is 0 Å². The van der Waals surface area contributed by atoms with Gasteiger partial charge in [0.2, 0.25) is 5.90 Å². The van der Waals surface area contributed by atoms with Crippen molar-refractivity contribution < 1.29 is 9.22 Å². The summed E-state index contributed by atoms with van der Waals surface area (Å²) < 4.78 is 17.0. The summed E-state index contributed by atoms with van der Waals surface area (Å²) in [6.45, 7) is 2.26. The number of halogens is 1. The van der Waals surface area contributed by atoms with Crippen LogP contribution in [0.1, 0.15) is 6.92 Å². The second kappa shape index (κ2) is 3.05. The highest BCUT2D eigenvalue weighted by Gasteiger charge is 2.04. The van der Waals surface area contributed by atoms with Gasteiger partial charge in [0.05, 0.1) is 12.8 Å². The van der Waals surface area contributed by atoms with E-state index in [0.717, 1.165) is 0 Å². The lowest BCUT2D eigenvalue weighted by molar-refractivity contribution is -0.0208. The first-order chi connectivity index (χ1) is 4.83. The van der Waals surface area contributed by atoms with Crippen molar-refractivity contribution in [2.45, 2.75) is 6.92 Å². The molecule has 0 fully saturated rings. The van der Waals surface area contributed by atoms with Gasteiger partial charge in [0, 0.05) is 6.08 Å². The molecule has 10 heavy (non-hydrogen) atoms. The van der Waals surface area contributed by atoms with Crippen molar-refractivity contribution in [2.75, 3.05) is 6.61 Å². The molecule has 0 aromatic rings. The van der Waals surface area contributed by atoms with Gasteiger partial charge in [0.1, 0.15) is 0 Å². The zero-order valence-corrected chi connectivity index (χ0v) is 5.47. The first-order valence-electron chi connectivity index (χ1n) is 2.84. The van der Waals surface area contributed by atoms with Gasteiger partial charge in [-0.3, -0.25) is 5.43 Å². The lowest BCUT2D eigenvalue weighted by Crippen LogP contribution is -2.27. The van der Waals surface area contributed by atoms with E-state index in [1.54, 1.807) is 6.92 Å². The van der Waals surface area contributed by atoms with Gasteiger partial charge < -0.3 is 4.74 Å². The lowest BCUT2D eigenvalue weighted by Gasteiger charge is -2.11. The molecule has 0 aliphatic carbocycles. The lowest BCUT2D eigenvalue weighted by atomic mass is 10.6. The predicted molar refractivity (Wildman–Crippen MR) is 33.0 cm³/mol. The van der Waals surface area contributed by atoms with Gasteiger partial charge >= 0.3 is 0 Å². The molecule has 1 aliphatic rings. The number of hydrazone groups is 1. The Bertz CT molecular complexity index is 168. The van der Waals surface area contributed by atoms with Gasteiger partial charge in [-0.15, -0.1) is 0 Å². The van der Waals surface area contributed by atoms with E-state index in [1.165, 1.54) is 6.08 Å². The Kier molecular flexibility index (Phi) is 2.09. The van der Waals surface area contributed by atoms with Gasteiger partial charge in [-0.25, -0.2) is 0 Å². The van der Waals surface area contributed by atoms with Crippen LogP contribution in [0.4, 0.5) is 4.48 Å². The Balaban J connectivity index is 2.49. The van der Waals surface area contributed by atoms with Crippen molar-refractivity contribution in [3.05, 3.63) is 12.3 Å². The highest BCUT2D eigenvalue weighted by molar-refractivity contribution is 5.87. The fourth-order valence-electron chi connectivity index (χ4n) is 0.506. The molecule has 0 saturated carbocycles. The quantitative estimate of drug-likeness (QED) is 0.540. The number of nitrogens with zero attached hydrogens (tertiary/aromatic N) is 2. The van der Waals surface area contributed by atoms with Crippen LogP contribution in [0.25, 0.3) is 0 Å². The average molecular weight is 144 g/mol. The van der Waals surface area contributed by atoms with Crippen LogP contribution in [0, 0.1) is 6.20 Å². The summed E-state index contributed by atoms with van der Waals surface area (Å²) in [7, 11) is 0. The third kappa shape index (κ3) is 1.61. The molecule has 0 aromatic carbocycles. The van der Waals surface area contributed by atoms with E-state index in [0.29, 0.717) is 6.61 Å². The Morgan fingerprint density at radius 1 is 2.00 bits per heavy atom. The molecule has 1 radical (unpaired) electrons. The normalized spacial score (nSPS) is 16.2. The summed E-state index contributed by atoms with van der Waals surface area (Å²) in [4.78, 5) is 0. The van der Waals surface area contributed by atoms with Crippen LogP contribution in [-0.2, 0) is 4.74 Å². The van der Waals surface area contributed by atoms with Gasteiger partial charge in [-0.2, -0.15) is 0 Å². The van der Waals surface area contributed by atoms with Gasteiger partial charge in [-0.05, 0) is 12.3 Å². The van der Waals surface area contributed by atoms with Crippen molar-refractivity contribution in [1.29, 1.82) is 0 Å². The molecule has 55 valence electrons. The Morgan fingerprint density at radius 3 is 3.40 bits per heavy atom. The van der Waals surface area contributed by atoms with Crippen molar-refractivity contribution in [3.63, 3.8) is 0 Å². The standard InChI is InChI=1S/C5H7FN3O/c1-2-10-5-3-4-7-9(6)8-5/h3,7H,2H2,1H3. The molecular weight excluding hydrogens is 137 g/mol. The van der Waals surface area contributed by atoms with Crippen LogP contribution in [0.15, 0.2) is 11.2 Å². The summed E-state index contributed by atoms with van der Waals surface area (Å²) in [5, 5.41) is 3.34. The summed E-state index contributed by atoms with van der Waals surface area (Å²) in [5.74, 6) is 0.212. The van der Waals surface area contributed by atoms with E-state index in [-0.39, 0.29) is 11.2 Å². The van der Waals surface area contributed by atoms with Crippen LogP contribution in [-0.4, -0.2) is 17.8 Å². The van der Waals surface area contributed by atoms with E-state index < -0.39 is 0 Å². The molecule has 0 spiro atoms. The predicted octanol–water partition coefficient (Wildman–Crippen LogP) is 0.358. The first-order valence-corrected chi connectivity index (χ1v) is 2.84. The van der Waals surface area contributed by atoms with E-state index in [1.807, 2.05) is 0 Å². The summed E-state index contributed by atoms with van der Waals surface area (Å²) in [6, 6.07) is 0. The number of hydrogen-bond donors (Lipinski definition) is 1. The summed E-state index contributed by atoms with van der Waals surface area (Å²) >= 11 is 0. The van der Waals surface area contributed by atoms with Crippen LogP contribution < -0.4 is 5.43 Å². The highest BCUT2D eigenvalue weighted by Crippen LogP contribution is 1.95. The van der Waals surface area contributed by atoms with Crippen molar-refractivity contribution >= 4 is 5.90 Å². The second-order valence-electron chi connectivity index (χ2n) is 1.53. The van der Waals surface area contributed by atoms with Crippen molar-refractivity contribution in [2.24, 2.45) is 5.10 Å². The van der Waals surface area contributed by atoms with E-state index in [2.05, 4.69) is 16.7 Å². The number of hydrogen-bond acceptors (Lipinski definition) is 4. The molecule has 1 aliphatic heterocycles. The first kappa shape index (κ1) is 6.85. The number of ether oxygens (including phenoxy) is 1. The molecule has 1 N–H and O–H groups in total. The average Bonchev–Trinajstić information content (AvgIpc) is 1.88. The van der Waals surface area contributed by atoms with Gasteiger partial charge in [-0.1, -0.05) is 9.58 Å². The molecule has 0 amide bonds. The minimum absolute atomic E-state index is 0.0327. The van der Waals surface area contributed by atoms with E-state index >= 15 is 0 Å². The number of hydrazine groups is 1. The maximum atomic E-state index is 12.1. The maximum Gasteiger partial charge on any atom is 0.237 e. The maximum absolute atomic E-state index is 12.1. The zero-order valence-electron chi connectivity index (χ0n) is 5.47. The van der Waals surface area contributed by atoms with Gasteiger partial charge in [0.15, 0.2) is 0 Å². The zero-order chi connectivity index (χ0) is 7.40. The monoisotopic (exact) mass is 144 g/mol. The van der Waals surface area contributed by atoms with Crippen LogP contribution in [0.2, 0.25) is 0 Å². The molecule has 0 unspecified atom stereocenters. The highest BCUT2D eigenvalue weighted by atomic mass is 19.2. The molecule has 0 aromatic heterocycles. The minimum atomic E-state index is 0.0327. The SMILES string of the molecule is CCOC1=NN(F)N[C]=C1. The fourth-order valence-corrected chi connectivity index (χ4v) is 0.506. The van der Waals surface area contributed by atoms with Crippen molar-refractivity contribution in [1.82, 2.24) is 10.8 Å². The minimum Gasteiger partial charge on any atom is -0.477 e. The molecule has 1 heterocycles. The number of nitrogens with one attached hydrogen (secondary N) is 1. The number of rotatable bonds is 1.